The van der Waals surface area contributed by atoms with Gasteiger partial charge in [-0.3, -0.25) is 4.68 Å². The summed E-state index contributed by atoms with van der Waals surface area (Å²) in [4.78, 5) is 20.0. The Morgan fingerprint density at radius 1 is 1.43 bits per heavy atom. The van der Waals surface area contributed by atoms with Crippen LogP contribution in [0, 0.1) is 12.8 Å². The van der Waals surface area contributed by atoms with Gasteiger partial charge < -0.3 is 10.6 Å². The molecule has 0 aliphatic heterocycles. The van der Waals surface area contributed by atoms with Crippen molar-refractivity contribution >= 4 is 11.7 Å². The molecule has 2 rings (SSSR count). The Balaban J connectivity index is 1.83. The largest absolute Gasteiger partial charge is 0.332 e. The molecule has 2 N–H and O–H groups in total. The Labute approximate surface area is 123 Å². The molecule has 7 heteroatoms. The van der Waals surface area contributed by atoms with Gasteiger partial charge in [-0.2, -0.15) is 5.10 Å². The molecule has 0 aromatic carbocycles. The molecule has 112 valence electrons. The van der Waals surface area contributed by atoms with Crippen LogP contribution >= 0.6 is 0 Å². The van der Waals surface area contributed by atoms with Crippen molar-refractivity contribution in [2.75, 3.05) is 5.32 Å². The van der Waals surface area contributed by atoms with E-state index in [0.717, 1.165) is 12.2 Å². The summed E-state index contributed by atoms with van der Waals surface area (Å²) in [5, 5.41) is 9.68. The van der Waals surface area contributed by atoms with E-state index in [-0.39, 0.29) is 6.03 Å². The molecule has 0 spiro atoms. The average Bonchev–Trinajstić information content (AvgIpc) is 2.83. The number of rotatable bonds is 5. The molecule has 2 heterocycles. The van der Waals surface area contributed by atoms with Crippen LogP contribution in [0.3, 0.4) is 0 Å². The molecule has 2 amide bonds. The van der Waals surface area contributed by atoms with Gasteiger partial charge in [0.1, 0.15) is 5.82 Å². The number of aromatic nitrogens is 4. The minimum Gasteiger partial charge on any atom is -0.332 e. The predicted octanol–water partition coefficient (Wildman–Crippen LogP) is 1.96. The minimum absolute atomic E-state index is 0.282. The van der Waals surface area contributed by atoms with E-state index in [2.05, 4.69) is 39.5 Å². The van der Waals surface area contributed by atoms with Crippen LogP contribution in [0.25, 0.3) is 0 Å². The van der Waals surface area contributed by atoms with E-state index < -0.39 is 0 Å². The van der Waals surface area contributed by atoms with Crippen molar-refractivity contribution < 1.29 is 4.79 Å². The van der Waals surface area contributed by atoms with Crippen molar-refractivity contribution in [2.24, 2.45) is 5.92 Å². The van der Waals surface area contributed by atoms with Crippen LogP contribution in [0.1, 0.15) is 25.4 Å². The average molecular weight is 288 g/mol. The molecule has 2 aromatic heterocycles. The summed E-state index contributed by atoms with van der Waals surface area (Å²) in [6.45, 7) is 7.22. The smallest absolute Gasteiger partial charge is 0.319 e. The van der Waals surface area contributed by atoms with Crippen LogP contribution in [0.5, 0.6) is 0 Å². The first-order valence-corrected chi connectivity index (χ1v) is 6.89. The second-order valence-electron chi connectivity index (χ2n) is 5.25. The monoisotopic (exact) mass is 288 g/mol. The maximum atomic E-state index is 11.8. The highest BCUT2D eigenvalue weighted by Gasteiger charge is 2.05. The van der Waals surface area contributed by atoms with Crippen LogP contribution in [-0.2, 0) is 13.1 Å². The number of urea groups is 1. The first kappa shape index (κ1) is 15.0. The molecule has 0 aliphatic carbocycles. The minimum atomic E-state index is -0.282. The molecule has 21 heavy (non-hydrogen) atoms. The fourth-order valence-electron chi connectivity index (χ4n) is 1.85. The van der Waals surface area contributed by atoms with Gasteiger partial charge in [0, 0.05) is 18.9 Å². The Morgan fingerprint density at radius 3 is 2.95 bits per heavy atom. The van der Waals surface area contributed by atoms with Crippen LogP contribution in [0.2, 0.25) is 0 Å². The fraction of sp³-hybridized carbons (Fsp3) is 0.429. The summed E-state index contributed by atoms with van der Waals surface area (Å²) >= 11 is 0. The lowest BCUT2D eigenvalue weighted by molar-refractivity contribution is 0.251. The summed E-state index contributed by atoms with van der Waals surface area (Å²) in [6, 6.07) is 1.49. The lowest BCUT2D eigenvalue weighted by atomic mass is 10.2. The maximum absolute atomic E-state index is 11.8. The Morgan fingerprint density at radius 2 is 2.24 bits per heavy atom. The standard InChI is InChI=1S/C14H20N6O/c1-10(2)8-20-9-13(7-17-20)19-14(21)16-6-12-4-5-15-11(3)18-12/h4-5,7,9-10H,6,8H2,1-3H3,(H2,16,19,21). The summed E-state index contributed by atoms with van der Waals surface area (Å²) in [7, 11) is 0. The number of hydrogen-bond donors (Lipinski definition) is 2. The molecule has 7 nitrogen and oxygen atoms in total. The number of amides is 2. The molecule has 0 aliphatic rings. The van der Waals surface area contributed by atoms with E-state index in [0.29, 0.717) is 24.0 Å². The van der Waals surface area contributed by atoms with Crippen molar-refractivity contribution in [3.8, 4) is 0 Å². The van der Waals surface area contributed by atoms with Gasteiger partial charge in [-0.05, 0) is 18.9 Å². The molecule has 0 unspecified atom stereocenters. The highest BCUT2D eigenvalue weighted by atomic mass is 16.2. The zero-order valence-electron chi connectivity index (χ0n) is 12.5. The fourth-order valence-corrected chi connectivity index (χ4v) is 1.85. The van der Waals surface area contributed by atoms with E-state index in [1.54, 1.807) is 18.5 Å². The number of carbonyl (C=O) groups excluding carboxylic acids is 1. The third-order valence-corrected chi connectivity index (χ3v) is 2.71. The van der Waals surface area contributed by atoms with Gasteiger partial charge in [0.25, 0.3) is 0 Å². The van der Waals surface area contributed by atoms with Crippen LogP contribution in [0.4, 0.5) is 10.5 Å². The molecule has 0 radical (unpaired) electrons. The second-order valence-corrected chi connectivity index (χ2v) is 5.25. The number of hydrogen-bond acceptors (Lipinski definition) is 4. The van der Waals surface area contributed by atoms with Crippen LogP contribution in [0.15, 0.2) is 24.7 Å². The first-order valence-electron chi connectivity index (χ1n) is 6.89. The third kappa shape index (κ3) is 4.87. The van der Waals surface area contributed by atoms with Crippen molar-refractivity contribution in [1.82, 2.24) is 25.1 Å². The summed E-state index contributed by atoms with van der Waals surface area (Å²) in [5.41, 5.74) is 1.44. The second kappa shape index (κ2) is 6.83. The zero-order chi connectivity index (χ0) is 15.2. The SMILES string of the molecule is Cc1nccc(CNC(=O)Nc2cnn(CC(C)C)c2)n1. The first-order chi connectivity index (χ1) is 10.0. The van der Waals surface area contributed by atoms with Gasteiger partial charge in [-0.1, -0.05) is 13.8 Å². The summed E-state index contributed by atoms with van der Waals surface area (Å²) in [5.74, 6) is 1.19. The molecular formula is C14H20N6O. The highest BCUT2D eigenvalue weighted by Crippen LogP contribution is 2.07. The quantitative estimate of drug-likeness (QED) is 0.880. The van der Waals surface area contributed by atoms with Gasteiger partial charge in [0.05, 0.1) is 24.1 Å². The summed E-state index contributed by atoms with van der Waals surface area (Å²) < 4.78 is 1.81. The number of nitrogens with one attached hydrogen (secondary N) is 2. The molecular weight excluding hydrogens is 268 g/mol. The number of carbonyl (C=O) groups is 1. The topological polar surface area (TPSA) is 84.7 Å². The van der Waals surface area contributed by atoms with Crippen molar-refractivity contribution in [1.29, 1.82) is 0 Å². The van der Waals surface area contributed by atoms with E-state index in [1.807, 2.05) is 17.8 Å². The van der Waals surface area contributed by atoms with Gasteiger partial charge >= 0.3 is 6.03 Å². The molecule has 0 saturated carbocycles. The van der Waals surface area contributed by atoms with Gasteiger partial charge in [-0.15, -0.1) is 0 Å². The van der Waals surface area contributed by atoms with Crippen molar-refractivity contribution in [3.05, 3.63) is 36.2 Å². The molecule has 0 atom stereocenters. The lowest BCUT2D eigenvalue weighted by Gasteiger charge is -2.06. The maximum Gasteiger partial charge on any atom is 0.319 e. The van der Waals surface area contributed by atoms with Crippen molar-refractivity contribution in [2.45, 2.75) is 33.9 Å². The number of nitrogens with zero attached hydrogens (tertiary/aromatic N) is 4. The van der Waals surface area contributed by atoms with Gasteiger partial charge in [0.15, 0.2) is 0 Å². The van der Waals surface area contributed by atoms with Gasteiger partial charge in [-0.25, -0.2) is 14.8 Å². The normalized spacial score (nSPS) is 10.7. The number of aryl methyl sites for hydroxylation is 1. The highest BCUT2D eigenvalue weighted by molar-refractivity contribution is 5.88. The predicted molar refractivity (Wildman–Crippen MR) is 79.7 cm³/mol. The third-order valence-electron chi connectivity index (χ3n) is 2.71. The number of anilines is 1. The molecule has 0 fully saturated rings. The van der Waals surface area contributed by atoms with Crippen LogP contribution < -0.4 is 10.6 Å². The van der Waals surface area contributed by atoms with E-state index in [1.165, 1.54) is 0 Å². The van der Waals surface area contributed by atoms with Gasteiger partial charge in [0.2, 0.25) is 0 Å². The lowest BCUT2D eigenvalue weighted by Crippen LogP contribution is -2.28. The van der Waals surface area contributed by atoms with E-state index in [9.17, 15) is 4.79 Å². The van der Waals surface area contributed by atoms with E-state index in [4.69, 9.17) is 0 Å². The summed E-state index contributed by atoms with van der Waals surface area (Å²) in [6.07, 6.45) is 5.12. The molecule has 0 bridgehead atoms. The van der Waals surface area contributed by atoms with Crippen molar-refractivity contribution in [3.63, 3.8) is 0 Å². The Kier molecular flexibility index (Phi) is 4.86. The van der Waals surface area contributed by atoms with E-state index >= 15 is 0 Å². The Hall–Kier alpha value is -2.44. The molecule has 2 aromatic rings. The van der Waals surface area contributed by atoms with Crippen LogP contribution in [-0.4, -0.2) is 25.8 Å². The Bertz CT molecular complexity index is 607. The molecule has 0 saturated heterocycles. The zero-order valence-corrected chi connectivity index (χ0v) is 12.5.